The summed E-state index contributed by atoms with van der Waals surface area (Å²) in [5.41, 5.74) is 1.05. The SMILES string of the molecule is COCCNC(=O)C(C)C1CCC2(C)CCC(NC(=O)Cc3ccccc3)C(C)C2C1O. The van der Waals surface area contributed by atoms with Gasteiger partial charge in [-0.05, 0) is 54.4 Å². The predicted molar refractivity (Wildman–Crippen MR) is 125 cm³/mol. The van der Waals surface area contributed by atoms with Crippen LogP contribution in [0, 0.1) is 29.1 Å². The van der Waals surface area contributed by atoms with Crippen LogP contribution in [0.2, 0.25) is 0 Å². The summed E-state index contributed by atoms with van der Waals surface area (Å²) in [7, 11) is 1.61. The summed E-state index contributed by atoms with van der Waals surface area (Å²) < 4.78 is 5.02. The largest absolute Gasteiger partial charge is 0.392 e. The van der Waals surface area contributed by atoms with Crippen LogP contribution in [-0.4, -0.2) is 49.3 Å². The normalized spacial score (nSPS) is 33.1. The summed E-state index contributed by atoms with van der Waals surface area (Å²) in [5, 5.41) is 17.6. The molecule has 2 aliphatic carbocycles. The molecule has 6 nitrogen and oxygen atoms in total. The predicted octanol–water partition coefficient (Wildman–Crippen LogP) is 2.94. The molecule has 32 heavy (non-hydrogen) atoms. The van der Waals surface area contributed by atoms with Crippen LogP contribution in [0.5, 0.6) is 0 Å². The Morgan fingerprint density at radius 1 is 1.22 bits per heavy atom. The molecule has 0 saturated heterocycles. The third-order valence-corrected chi connectivity index (χ3v) is 8.10. The van der Waals surface area contributed by atoms with Crippen molar-refractivity contribution in [3.8, 4) is 0 Å². The molecular weight excluding hydrogens is 404 g/mol. The van der Waals surface area contributed by atoms with Gasteiger partial charge in [0.15, 0.2) is 0 Å². The summed E-state index contributed by atoms with van der Waals surface area (Å²) in [5.74, 6) is -0.111. The number of rotatable bonds is 8. The highest BCUT2D eigenvalue weighted by Crippen LogP contribution is 2.55. The van der Waals surface area contributed by atoms with Crippen LogP contribution in [0.25, 0.3) is 0 Å². The Labute approximate surface area is 192 Å². The van der Waals surface area contributed by atoms with Crippen molar-refractivity contribution in [3.05, 3.63) is 35.9 Å². The molecule has 2 amide bonds. The lowest BCUT2D eigenvalue weighted by atomic mass is 9.51. The molecule has 2 saturated carbocycles. The molecule has 0 radical (unpaired) electrons. The van der Waals surface area contributed by atoms with Crippen LogP contribution in [0.15, 0.2) is 30.3 Å². The molecule has 2 fully saturated rings. The molecule has 1 aromatic carbocycles. The highest BCUT2D eigenvalue weighted by Gasteiger charge is 2.53. The van der Waals surface area contributed by atoms with Gasteiger partial charge in [-0.25, -0.2) is 0 Å². The molecule has 6 heteroatoms. The first-order valence-corrected chi connectivity index (χ1v) is 12.0. The molecule has 1 aromatic rings. The fourth-order valence-electron chi connectivity index (χ4n) is 6.17. The number of hydrogen-bond donors (Lipinski definition) is 3. The highest BCUT2D eigenvalue weighted by molar-refractivity contribution is 5.79. The van der Waals surface area contributed by atoms with E-state index in [1.165, 1.54) is 0 Å². The van der Waals surface area contributed by atoms with Crippen LogP contribution >= 0.6 is 0 Å². The summed E-state index contributed by atoms with van der Waals surface area (Å²) in [6.45, 7) is 7.32. The van der Waals surface area contributed by atoms with Gasteiger partial charge in [-0.2, -0.15) is 0 Å². The van der Waals surface area contributed by atoms with E-state index in [4.69, 9.17) is 4.74 Å². The number of aliphatic hydroxyl groups is 1. The van der Waals surface area contributed by atoms with Crippen molar-refractivity contribution in [2.24, 2.45) is 29.1 Å². The first-order valence-electron chi connectivity index (χ1n) is 12.0. The van der Waals surface area contributed by atoms with Gasteiger partial charge < -0.3 is 20.5 Å². The number of carbonyl (C=O) groups excluding carboxylic acids is 2. The topological polar surface area (TPSA) is 87.7 Å². The van der Waals surface area contributed by atoms with Gasteiger partial charge in [-0.1, -0.05) is 51.1 Å². The van der Waals surface area contributed by atoms with E-state index in [1.54, 1.807) is 7.11 Å². The van der Waals surface area contributed by atoms with Crippen molar-refractivity contribution in [2.75, 3.05) is 20.3 Å². The third kappa shape index (κ3) is 5.52. The molecule has 0 bridgehead atoms. The van der Waals surface area contributed by atoms with Gasteiger partial charge in [0.1, 0.15) is 0 Å². The van der Waals surface area contributed by atoms with Crippen molar-refractivity contribution in [1.29, 1.82) is 0 Å². The maximum Gasteiger partial charge on any atom is 0.224 e. The minimum Gasteiger partial charge on any atom is -0.392 e. The second kappa shape index (κ2) is 10.8. The Kier molecular flexibility index (Phi) is 8.34. The van der Waals surface area contributed by atoms with Crippen LogP contribution in [0.1, 0.15) is 52.0 Å². The summed E-state index contributed by atoms with van der Waals surface area (Å²) in [4.78, 5) is 25.3. The molecule has 7 atom stereocenters. The Balaban J connectivity index is 1.65. The van der Waals surface area contributed by atoms with Gasteiger partial charge in [-0.15, -0.1) is 0 Å². The quantitative estimate of drug-likeness (QED) is 0.538. The molecule has 3 rings (SSSR count). The van der Waals surface area contributed by atoms with Crippen molar-refractivity contribution in [1.82, 2.24) is 10.6 Å². The average molecular weight is 445 g/mol. The molecule has 2 aliphatic rings. The zero-order chi connectivity index (χ0) is 23.3. The number of aliphatic hydroxyl groups excluding tert-OH is 1. The van der Waals surface area contributed by atoms with Crippen LogP contribution < -0.4 is 10.6 Å². The van der Waals surface area contributed by atoms with E-state index in [9.17, 15) is 14.7 Å². The van der Waals surface area contributed by atoms with Crippen LogP contribution in [0.4, 0.5) is 0 Å². The lowest BCUT2D eigenvalue weighted by molar-refractivity contribution is -0.143. The van der Waals surface area contributed by atoms with Gasteiger partial charge in [0.2, 0.25) is 11.8 Å². The van der Waals surface area contributed by atoms with Gasteiger partial charge in [-0.3, -0.25) is 9.59 Å². The highest BCUT2D eigenvalue weighted by atomic mass is 16.5. The Morgan fingerprint density at radius 2 is 1.91 bits per heavy atom. The minimum absolute atomic E-state index is 0.0223. The smallest absolute Gasteiger partial charge is 0.224 e. The first-order chi connectivity index (χ1) is 15.3. The summed E-state index contributed by atoms with van der Waals surface area (Å²) >= 11 is 0. The Hall–Kier alpha value is -1.92. The fourth-order valence-corrected chi connectivity index (χ4v) is 6.17. The summed E-state index contributed by atoms with van der Waals surface area (Å²) in [6, 6.07) is 9.82. The number of amides is 2. The van der Waals surface area contributed by atoms with Gasteiger partial charge in [0, 0.05) is 25.6 Å². The van der Waals surface area contributed by atoms with E-state index in [-0.39, 0.29) is 46.9 Å². The van der Waals surface area contributed by atoms with E-state index in [0.717, 1.165) is 31.2 Å². The maximum absolute atomic E-state index is 12.7. The number of hydrogen-bond acceptors (Lipinski definition) is 4. The molecular formula is C26H40N2O4. The average Bonchev–Trinajstić information content (AvgIpc) is 2.76. The van der Waals surface area contributed by atoms with Crippen molar-refractivity contribution in [3.63, 3.8) is 0 Å². The number of carbonyl (C=O) groups is 2. The van der Waals surface area contributed by atoms with Crippen molar-refractivity contribution < 1.29 is 19.4 Å². The Morgan fingerprint density at radius 3 is 2.59 bits per heavy atom. The number of benzene rings is 1. The molecule has 0 aromatic heterocycles. The fraction of sp³-hybridized carbons (Fsp3) is 0.692. The molecule has 3 N–H and O–H groups in total. The number of fused-ring (bicyclic) bond motifs is 1. The zero-order valence-electron chi connectivity index (χ0n) is 20.0. The van der Waals surface area contributed by atoms with Crippen molar-refractivity contribution >= 4 is 11.8 Å². The van der Waals surface area contributed by atoms with Crippen molar-refractivity contribution in [2.45, 2.75) is 65.0 Å². The number of nitrogens with one attached hydrogen (secondary N) is 2. The first kappa shape index (κ1) is 24.7. The van der Waals surface area contributed by atoms with Crippen LogP contribution in [-0.2, 0) is 20.7 Å². The third-order valence-electron chi connectivity index (χ3n) is 8.10. The number of methoxy groups -OCH3 is 1. The van der Waals surface area contributed by atoms with Gasteiger partial charge >= 0.3 is 0 Å². The summed E-state index contributed by atoms with van der Waals surface area (Å²) in [6.07, 6.45) is 3.58. The van der Waals surface area contributed by atoms with E-state index in [0.29, 0.717) is 19.6 Å². The Bertz CT molecular complexity index is 770. The monoisotopic (exact) mass is 444 g/mol. The van der Waals surface area contributed by atoms with Crippen LogP contribution in [0.3, 0.4) is 0 Å². The molecule has 0 aliphatic heterocycles. The lowest BCUT2D eigenvalue weighted by Gasteiger charge is -2.56. The number of ether oxygens (including phenoxy) is 1. The maximum atomic E-state index is 12.7. The molecule has 7 unspecified atom stereocenters. The molecule has 0 spiro atoms. The minimum atomic E-state index is -0.555. The standard InChI is InChI=1S/C26H40N2O4/c1-17(25(31)27-14-15-32-4)20-10-12-26(3)13-11-21(18(2)23(26)24(20)30)28-22(29)16-19-8-6-5-7-9-19/h5-9,17-18,20-21,23-24,30H,10-16H2,1-4H3,(H,27,31)(H,28,29). The van der Waals surface area contributed by atoms with E-state index >= 15 is 0 Å². The molecule has 178 valence electrons. The molecule has 0 heterocycles. The van der Waals surface area contributed by atoms with Gasteiger partial charge in [0.25, 0.3) is 0 Å². The zero-order valence-corrected chi connectivity index (χ0v) is 20.0. The van der Waals surface area contributed by atoms with E-state index < -0.39 is 6.10 Å². The van der Waals surface area contributed by atoms with Gasteiger partial charge in [0.05, 0.1) is 19.1 Å². The van der Waals surface area contributed by atoms with E-state index in [2.05, 4.69) is 24.5 Å². The second-order valence-electron chi connectivity index (χ2n) is 10.2. The lowest BCUT2D eigenvalue weighted by Crippen LogP contribution is -2.58. The van der Waals surface area contributed by atoms with E-state index in [1.807, 2.05) is 37.3 Å². The second-order valence-corrected chi connectivity index (χ2v) is 10.2.